The van der Waals surface area contributed by atoms with Crippen LogP contribution in [0.4, 0.5) is 17.1 Å². The van der Waals surface area contributed by atoms with Crippen LogP contribution in [0, 0.1) is 11.3 Å². The molecule has 0 heterocycles. The summed E-state index contributed by atoms with van der Waals surface area (Å²) in [5.41, 5.74) is -1.65. The van der Waals surface area contributed by atoms with Crippen LogP contribution in [0.3, 0.4) is 0 Å². The molecule has 208 valence electrons. The van der Waals surface area contributed by atoms with Crippen molar-refractivity contribution in [2.75, 3.05) is 11.0 Å². The minimum absolute atomic E-state index is 0. The molecule has 0 saturated carbocycles. The van der Waals surface area contributed by atoms with Crippen LogP contribution in [0.1, 0.15) is 26.3 Å². The molecule has 0 bridgehead atoms. The second-order valence-corrected chi connectivity index (χ2v) is 12.2. The van der Waals surface area contributed by atoms with E-state index in [2.05, 4.69) is 15.0 Å². The van der Waals surface area contributed by atoms with Gasteiger partial charge < -0.3 is 24.9 Å². The summed E-state index contributed by atoms with van der Waals surface area (Å²) in [6.07, 6.45) is 0.976. The molecule has 0 saturated heterocycles. The molecular formula is C26H16K2N4O9S2. The minimum Gasteiger partial charge on any atom is -0.545 e. The zero-order valence-electron chi connectivity index (χ0n) is 22.7. The first-order valence-corrected chi connectivity index (χ1v) is 14.6. The summed E-state index contributed by atoms with van der Waals surface area (Å²) in [6, 6.07) is 14.3. The maximum Gasteiger partial charge on any atom is 1.00 e. The number of sulfone groups is 1. The van der Waals surface area contributed by atoms with Gasteiger partial charge in [0.1, 0.15) is 17.5 Å². The molecule has 0 aliphatic rings. The van der Waals surface area contributed by atoms with Crippen molar-refractivity contribution in [1.82, 2.24) is 0 Å². The van der Waals surface area contributed by atoms with Crippen molar-refractivity contribution < 1.29 is 145 Å². The Labute approximate surface area is 330 Å². The molecule has 13 nitrogen and oxygen atoms in total. The van der Waals surface area contributed by atoms with Crippen LogP contribution in [0.2, 0.25) is 0 Å². The molecular weight excluding hydrogens is 655 g/mol. The summed E-state index contributed by atoms with van der Waals surface area (Å²) in [5, 5.41) is 50.8. The van der Waals surface area contributed by atoms with Gasteiger partial charge in [0.25, 0.3) is 10.0 Å². The van der Waals surface area contributed by atoms with Crippen molar-refractivity contribution in [2.24, 2.45) is 10.2 Å². The summed E-state index contributed by atoms with van der Waals surface area (Å²) >= 11 is 0. The summed E-state index contributed by atoms with van der Waals surface area (Å²) in [6.45, 7) is 0. The molecule has 0 aliphatic heterocycles. The molecule has 0 aliphatic carbocycles. The predicted octanol–water partition coefficient (Wildman–Crippen LogP) is -4.23. The number of nitrogens with one attached hydrogen (secondary N) is 1. The van der Waals surface area contributed by atoms with Gasteiger partial charge in [-0.15, -0.1) is 10.2 Å². The zero-order chi connectivity index (χ0) is 30.1. The van der Waals surface area contributed by atoms with Crippen molar-refractivity contribution in [2.45, 2.75) is 9.79 Å². The maximum atomic E-state index is 13.2. The number of phenols is 1. The maximum absolute atomic E-state index is 13.2. The van der Waals surface area contributed by atoms with Crippen LogP contribution in [0.25, 0.3) is 10.8 Å². The summed E-state index contributed by atoms with van der Waals surface area (Å²) < 4.78 is 52.3. The van der Waals surface area contributed by atoms with Crippen LogP contribution in [-0.4, -0.2) is 40.1 Å². The second kappa shape index (κ2) is 14.8. The first-order valence-electron chi connectivity index (χ1n) is 11.2. The van der Waals surface area contributed by atoms with Gasteiger partial charge in [-0.2, -0.15) is 5.26 Å². The van der Waals surface area contributed by atoms with Gasteiger partial charge in [0.15, 0.2) is 9.84 Å². The third-order valence-electron chi connectivity index (χ3n) is 5.71. The van der Waals surface area contributed by atoms with Crippen molar-refractivity contribution in [1.29, 1.82) is 5.26 Å². The molecule has 0 spiro atoms. The van der Waals surface area contributed by atoms with Crippen molar-refractivity contribution in [3.05, 3.63) is 83.4 Å². The smallest absolute Gasteiger partial charge is 0.545 e. The first kappa shape index (κ1) is 37.1. The van der Waals surface area contributed by atoms with E-state index in [-0.39, 0.29) is 147 Å². The molecule has 0 atom stereocenters. The van der Waals surface area contributed by atoms with Gasteiger partial charge in [0, 0.05) is 17.0 Å². The molecule has 0 radical (unpaired) electrons. The zero-order valence-corrected chi connectivity index (χ0v) is 30.6. The number of carboxylic acid groups (broad SMARTS) is 2. The van der Waals surface area contributed by atoms with Crippen molar-refractivity contribution in [3.63, 3.8) is 0 Å². The quantitative estimate of drug-likeness (QED) is 0.136. The largest absolute Gasteiger partial charge is 1.00 e. The molecule has 43 heavy (non-hydrogen) atoms. The molecule has 2 N–H and O–H groups in total. The third kappa shape index (κ3) is 8.56. The van der Waals surface area contributed by atoms with Crippen LogP contribution in [-0.2, 0) is 19.9 Å². The van der Waals surface area contributed by atoms with Crippen molar-refractivity contribution in [3.8, 4) is 11.8 Å². The Morgan fingerprint density at radius 2 is 1.42 bits per heavy atom. The number of nitrogens with zero attached hydrogens (tertiary/aromatic N) is 3. The van der Waals surface area contributed by atoms with Crippen LogP contribution >= 0.6 is 0 Å². The number of azo groups is 1. The van der Waals surface area contributed by atoms with Crippen LogP contribution in [0.15, 0.2) is 86.7 Å². The average Bonchev–Trinajstić information content (AvgIpc) is 2.91. The molecule has 17 heteroatoms. The van der Waals surface area contributed by atoms with Crippen LogP contribution < -0.4 is 118 Å². The number of benzene rings is 4. The molecule has 0 amide bonds. The fourth-order valence-electron chi connectivity index (χ4n) is 3.76. The number of carboxylic acids is 2. The van der Waals surface area contributed by atoms with E-state index in [4.69, 9.17) is 0 Å². The number of aromatic carboxylic acids is 2. The van der Waals surface area contributed by atoms with E-state index in [1.54, 1.807) is 0 Å². The van der Waals surface area contributed by atoms with E-state index >= 15 is 0 Å². The topological polar surface area (TPSA) is 229 Å². The molecule has 0 fully saturated rings. The number of nitriles is 1. The number of anilines is 1. The monoisotopic (exact) mass is 670 g/mol. The van der Waals surface area contributed by atoms with Gasteiger partial charge in [0.2, 0.25) is 0 Å². The van der Waals surface area contributed by atoms with E-state index in [0.717, 1.165) is 12.3 Å². The van der Waals surface area contributed by atoms with E-state index < -0.39 is 47.8 Å². The van der Waals surface area contributed by atoms with Gasteiger partial charge in [-0.25, -0.2) is 16.8 Å². The number of rotatable bonds is 8. The van der Waals surface area contributed by atoms with E-state index in [9.17, 15) is 47.0 Å². The summed E-state index contributed by atoms with van der Waals surface area (Å²) in [7, 11) is -8.23. The number of carbonyl (C=O) groups is 2. The fraction of sp³-hybridized carbons (Fsp3) is 0.0385. The third-order valence-corrected chi connectivity index (χ3v) is 8.17. The number of phenolic OH excluding ortho intramolecular Hbond substituents is 1. The molecule has 4 aromatic rings. The first-order chi connectivity index (χ1) is 19.2. The number of aromatic hydroxyl groups is 1. The normalized spacial score (nSPS) is 11.3. The molecule has 4 rings (SSSR count). The van der Waals surface area contributed by atoms with Crippen LogP contribution in [0.5, 0.6) is 5.75 Å². The summed E-state index contributed by atoms with van der Waals surface area (Å²) in [4.78, 5) is 21.8. The minimum atomic E-state index is -4.63. The van der Waals surface area contributed by atoms with Gasteiger partial charge >= 0.3 is 103 Å². The fourth-order valence-corrected chi connectivity index (χ4v) is 5.55. The SMILES string of the molecule is CS(=O)(=O)c1ccc(N=Nc2ccc(O)c3cccc(NS(=O)(=O)c4cc(C(=O)[O-])cc(C(=O)[O-])c4)c23)c(C#N)c1.[K+].[K+]. The van der Waals surface area contributed by atoms with E-state index in [0.29, 0.717) is 18.2 Å². The Hall–Kier alpha value is -2.06. The average molecular weight is 671 g/mol. The Morgan fingerprint density at radius 3 is 1.98 bits per heavy atom. The number of fused-ring (bicyclic) bond motifs is 1. The Balaban J connectivity index is 0.00000323. The predicted molar refractivity (Wildman–Crippen MR) is 140 cm³/mol. The molecule has 4 aromatic carbocycles. The Morgan fingerprint density at radius 1 is 0.837 bits per heavy atom. The molecule has 0 aromatic heterocycles. The number of carbonyl (C=O) groups excluding carboxylic acids is 2. The summed E-state index contributed by atoms with van der Waals surface area (Å²) in [5.74, 6) is -3.89. The van der Waals surface area contributed by atoms with Crippen molar-refractivity contribution >= 4 is 59.6 Å². The Bertz CT molecular complexity index is 2030. The standard InChI is InChI=1S/C26H18N4O9S2.2K/c1-40(36,37)17-5-6-20(16(12-17)13-27)28-29-21-7-8-23(31)19-3-2-4-22(24(19)21)30-41(38,39)18-10-14(25(32)33)9-15(11-18)26(34)35;;/h2-12,30-31H,1H3,(H,32,33)(H,34,35);;/q;2*+1/p-2. The number of sulfonamides is 1. The number of hydrogen-bond donors (Lipinski definition) is 2. The van der Waals surface area contributed by atoms with E-state index in [1.165, 1.54) is 42.5 Å². The van der Waals surface area contributed by atoms with E-state index in [1.807, 2.05) is 6.07 Å². The van der Waals surface area contributed by atoms with Gasteiger partial charge in [-0.05, 0) is 65.7 Å². The van der Waals surface area contributed by atoms with Gasteiger partial charge in [-0.3, -0.25) is 4.72 Å². The second-order valence-electron chi connectivity index (χ2n) is 8.52. The molecule has 0 unspecified atom stereocenters. The van der Waals surface area contributed by atoms with Gasteiger partial charge in [0.05, 0.1) is 38.7 Å². The Kier molecular flexibility index (Phi) is 12.8. The number of hydrogen-bond acceptors (Lipinski definition) is 12. The van der Waals surface area contributed by atoms with Gasteiger partial charge in [-0.1, -0.05) is 12.1 Å².